The van der Waals surface area contributed by atoms with E-state index < -0.39 is 0 Å². The Kier molecular flexibility index (Phi) is 4.93. The number of benzene rings is 2. The maximum absolute atomic E-state index is 12.9. The molecule has 3 aromatic heterocycles. The quantitative estimate of drug-likeness (QED) is 0.417. The number of hydrogen-bond acceptors (Lipinski definition) is 6. The molecule has 0 fully saturated rings. The van der Waals surface area contributed by atoms with Crippen LogP contribution in [0.2, 0.25) is 0 Å². The minimum atomic E-state index is -0.251. The molecule has 0 saturated heterocycles. The monoisotopic (exact) mass is 444 g/mol. The van der Waals surface area contributed by atoms with E-state index in [4.69, 9.17) is 0 Å². The van der Waals surface area contributed by atoms with Gasteiger partial charge in [0, 0.05) is 10.9 Å². The predicted molar refractivity (Wildman–Crippen MR) is 125 cm³/mol. The summed E-state index contributed by atoms with van der Waals surface area (Å²) in [6.07, 6.45) is 0. The van der Waals surface area contributed by atoms with Crippen molar-refractivity contribution in [3.63, 3.8) is 0 Å². The largest absolute Gasteiger partial charge is 0.298 e. The molecule has 0 atom stereocenters. The minimum absolute atomic E-state index is 0.135. The number of nitrogens with zero attached hydrogens (tertiary/aromatic N) is 3. The molecule has 31 heavy (non-hydrogen) atoms. The second kappa shape index (κ2) is 7.90. The Morgan fingerprint density at radius 3 is 2.55 bits per heavy atom. The lowest BCUT2D eigenvalue weighted by atomic mass is 10.2. The van der Waals surface area contributed by atoms with Gasteiger partial charge in [-0.15, -0.1) is 22.7 Å². The first-order valence-corrected chi connectivity index (χ1v) is 11.3. The summed E-state index contributed by atoms with van der Waals surface area (Å²) in [6.45, 7) is 1.79. The molecule has 0 radical (unpaired) electrons. The molecule has 0 spiro atoms. The Morgan fingerprint density at radius 2 is 1.77 bits per heavy atom. The van der Waals surface area contributed by atoms with E-state index in [1.807, 2.05) is 41.1 Å². The van der Waals surface area contributed by atoms with Crippen LogP contribution in [0, 0.1) is 6.92 Å². The van der Waals surface area contributed by atoms with E-state index in [9.17, 15) is 9.59 Å². The molecule has 0 aliphatic carbocycles. The third-order valence-electron chi connectivity index (χ3n) is 4.83. The zero-order chi connectivity index (χ0) is 21.4. The van der Waals surface area contributed by atoms with Gasteiger partial charge in [-0.2, -0.15) is 0 Å². The average molecular weight is 445 g/mol. The smallest absolute Gasteiger partial charge is 0.265 e. The number of thiophene rings is 1. The summed E-state index contributed by atoms with van der Waals surface area (Å²) >= 11 is 2.99. The van der Waals surface area contributed by atoms with Gasteiger partial charge in [-0.1, -0.05) is 18.2 Å². The molecule has 1 amide bonds. The first kappa shape index (κ1) is 19.3. The van der Waals surface area contributed by atoms with Crippen molar-refractivity contribution in [1.82, 2.24) is 14.5 Å². The predicted octanol–water partition coefficient (Wildman–Crippen LogP) is 5.13. The number of fused-ring (bicyclic) bond motifs is 1. The Bertz CT molecular complexity index is 1450. The van der Waals surface area contributed by atoms with Crippen LogP contribution in [-0.2, 0) is 0 Å². The lowest BCUT2D eigenvalue weighted by Crippen LogP contribution is -2.22. The number of hydrogen-bond donors (Lipinski definition) is 1. The van der Waals surface area contributed by atoms with Gasteiger partial charge in [0.2, 0.25) is 0 Å². The van der Waals surface area contributed by atoms with Crippen LogP contribution >= 0.6 is 22.7 Å². The molecule has 0 unspecified atom stereocenters. The van der Waals surface area contributed by atoms with E-state index in [0.717, 1.165) is 10.6 Å². The number of rotatable bonds is 4. The topological polar surface area (TPSA) is 76.9 Å². The zero-order valence-electron chi connectivity index (χ0n) is 16.4. The molecule has 0 aliphatic rings. The maximum atomic E-state index is 12.9. The molecule has 0 aliphatic heterocycles. The van der Waals surface area contributed by atoms with E-state index in [0.29, 0.717) is 33.1 Å². The van der Waals surface area contributed by atoms with Gasteiger partial charge >= 0.3 is 0 Å². The summed E-state index contributed by atoms with van der Waals surface area (Å²) in [6, 6.07) is 18.1. The minimum Gasteiger partial charge on any atom is -0.298 e. The van der Waals surface area contributed by atoms with Crippen LogP contribution in [0.15, 0.2) is 76.2 Å². The van der Waals surface area contributed by atoms with E-state index in [1.54, 1.807) is 53.2 Å². The molecular formula is C23H16N4O2S2. The van der Waals surface area contributed by atoms with Crippen LogP contribution in [0.25, 0.3) is 27.2 Å². The number of para-hydroxylation sites is 1. The number of aromatic nitrogens is 3. The maximum Gasteiger partial charge on any atom is 0.265 e. The van der Waals surface area contributed by atoms with Gasteiger partial charge in [0.05, 0.1) is 27.2 Å². The fourth-order valence-electron chi connectivity index (χ4n) is 3.35. The lowest BCUT2D eigenvalue weighted by molar-refractivity contribution is 0.102. The number of carbonyl (C=O) groups is 1. The van der Waals surface area contributed by atoms with Gasteiger partial charge < -0.3 is 0 Å². The van der Waals surface area contributed by atoms with Crippen molar-refractivity contribution in [2.75, 3.05) is 5.32 Å². The third kappa shape index (κ3) is 3.67. The van der Waals surface area contributed by atoms with Crippen LogP contribution in [-0.4, -0.2) is 20.4 Å². The summed E-state index contributed by atoms with van der Waals surface area (Å²) in [5.74, 6) is 0.337. The van der Waals surface area contributed by atoms with Gasteiger partial charge in [0.25, 0.3) is 11.5 Å². The van der Waals surface area contributed by atoms with E-state index in [-0.39, 0.29) is 11.5 Å². The number of carbonyl (C=O) groups excluding carboxylic acids is 1. The highest BCUT2D eigenvalue weighted by molar-refractivity contribution is 7.16. The van der Waals surface area contributed by atoms with Gasteiger partial charge in [-0.05, 0) is 54.8 Å². The standard InChI is InChI=1S/C23H16N4O2S2/c1-14-24-18-6-3-2-5-17(18)22(29)27(14)16-10-8-15(9-11-16)21(28)26-23-25-19(13-31-23)20-7-4-12-30-20/h2-13H,1H3,(H,25,26,28). The van der Waals surface area contributed by atoms with E-state index >= 15 is 0 Å². The van der Waals surface area contributed by atoms with Crippen molar-refractivity contribution in [2.45, 2.75) is 6.92 Å². The van der Waals surface area contributed by atoms with E-state index in [1.165, 1.54) is 11.3 Å². The van der Waals surface area contributed by atoms with Crippen molar-refractivity contribution >= 4 is 44.6 Å². The zero-order valence-corrected chi connectivity index (χ0v) is 18.0. The fraction of sp³-hybridized carbons (Fsp3) is 0.0435. The summed E-state index contributed by atoms with van der Waals surface area (Å²) < 4.78 is 1.55. The van der Waals surface area contributed by atoms with Crippen LogP contribution in [0.5, 0.6) is 0 Å². The third-order valence-corrected chi connectivity index (χ3v) is 6.48. The average Bonchev–Trinajstić information content (AvgIpc) is 3.46. The van der Waals surface area contributed by atoms with Crippen molar-refractivity contribution in [1.29, 1.82) is 0 Å². The SMILES string of the molecule is Cc1nc2ccccc2c(=O)n1-c1ccc(C(=O)Nc2nc(-c3cccs3)cs2)cc1. The highest BCUT2D eigenvalue weighted by atomic mass is 32.1. The Labute approximate surface area is 185 Å². The van der Waals surface area contributed by atoms with Crippen molar-refractivity contribution in [2.24, 2.45) is 0 Å². The van der Waals surface area contributed by atoms with Crippen LogP contribution in [0.3, 0.4) is 0 Å². The second-order valence-electron chi connectivity index (χ2n) is 6.83. The van der Waals surface area contributed by atoms with E-state index in [2.05, 4.69) is 15.3 Å². The highest BCUT2D eigenvalue weighted by Gasteiger charge is 2.13. The lowest BCUT2D eigenvalue weighted by Gasteiger charge is -2.11. The summed E-state index contributed by atoms with van der Waals surface area (Å²) in [5, 5.41) is 7.86. The van der Waals surface area contributed by atoms with Crippen molar-refractivity contribution < 1.29 is 4.79 Å². The van der Waals surface area contributed by atoms with Crippen LogP contribution in [0.4, 0.5) is 5.13 Å². The molecule has 5 rings (SSSR count). The molecule has 8 heteroatoms. The summed E-state index contributed by atoms with van der Waals surface area (Å²) in [7, 11) is 0. The van der Waals surface area contributed by atoms with Crippen LogP contribution < -0.4 is 10.9 Å². The number of thiazole rings is 1. The summed E-state index contributed by atoms with van der Waals surface area (Å²) in [4.78, 5) is 35.7. The molecule has 0 bridgehead atoms. The molecular weight excluding hydrogens is 428 g/mol. The van der Waals surface area contributed by atoms with Gasteiger partial charge in [-0.3, -0.25) is 19.5 Å². The molecule has 1 N–H and O–H groups in total. The Balaban J connectivity index is 1.40. The number of amides is 1. The number of nitrogens with one attached hydrogen (secondary N) is 1. The Morgan fingerprint density at radius 1 is 0.968 bits per heavy atom. The highest BCUT2D eigenvalue weighted by Crippen LogP contribution is 2.28. The first-order chi connectivity index (χ1) is 15.1. The molecule has 2 aromatic carbocycles. The van der Waals surface area contributed by atoms with Gasteiger partial charge in [0.1, 0.15) is 5.82 Å². The van der Waals surface area contributed by atoms with Gasteiger partial charge in [0.15, 0.2) is 5.13 Å². The molecule has 6 nitrogen and oxygen atoms in total. The molecule has 3 heterocycles. The summed E-state index contributed by atoms with van der Waals surface area (Å²) in [5.41, 5.74) is 2.53. The van der Waals surface area contributed by atoms with Crippen molar-refractivity contribution in [3.8, 4) is 16.3 Å². The molecule has 5 aromatic rings. The molecule has 152 valence electrons. The second-order valence-corrected chi connectivity index (χ2v) is 8.64. The molecule has 0 saturated carbocycles. The fourth-order valence-corrected chi connectivity index (χ4v) is 4.81. The van der Waals surface area contributed by atoms with Gasteiger partial charge in [-0.25, -0.2) is 9.97 Å². The first-order valence-electron chi connectivity index (χ1n) is 9.50. The number of anilines is 1. The van der Waals surface area contributed by atoms with Crippen molar-refractivity contribution in [3.05, 3.63) is 93.2 Å². The Hall–Kier alpha value is -3.62. The van der Waals surface area contributed by atoms with Crippen LogP contribution in [0.1, 0.15) is 16.2 Å². The normalized spacial score (nSPS) is 11.0. The number of aryl methyl sites for hydroxylation is 1.